The van der Waals surface area contributed by atoms with E-state index in [1.54, 1.807) is 6.08 Å². The summed E-state index contributed by atoms with van der Waals surface area (Å²) in [7, 11) is 0. The molecule has 3 heteroatoms. The second-order valence-corrected chi connectivity index (χ2v) is 6.25. The Morgan fingerprint density at radius 1 is 1.41 bits per heavy atom. The van der Waals surface area contributed by atoms with Crippen molar-refractivity contribution < 1.29 is 14.3 Å². The van der Waals surface area contributed by atoms with Crippen molar-refractivity contribution in [1.29, 1.82) is 0 Å². The maximum Gasteiger partial charge on any atom is 0.330 e. The molecule has 1 rings (SSSR count). The van der Waals surface area contributed by atoms with Gasteiger partial charge < -0.3 is 9.47 Å². The number of hydrogen-bond acceptors (Lipinski definition) is 3. The molecule has 1 saturated heterocycles. The standard InChI is InChI=1S/C14H24O3/c1-13(2,3)17-12(15)7-6-11-8-9-16-14(4,5)10-11/h6-7,11H,8-10H2,1-5H3/b7-6+. The van der Waals surface area contributed by atoms with Gasteiger partial charge in [-0.3, -0.25) is 0 Å². The minimum atomic E-state index is -0.420. The summed E-state index contributed by atoms with van der Waals surface area (Å²) < 4.78 is 10.9. The van der Waals surface area contributed by atoms with Crippen LogP contribution in [0.2, 0.25) is 0 Å². The van der Waals surface area contributed by atoms with Crippen LogP contribution in [0.3, 0.4) is 0 Å². The van der Waals surface area contributed by atoms with Gasteiger partial charge in [-0.05, 0) is 53.4 Å². The molecule has 1 fully saturated rings. The molecule has 0 bridgehead atoms. The summed E-state index contributed by atoms with van der Waals surface area (Å²) in [5.74, 6) is 0.146. The van der Waals surface area contributed by atoms with Gasteiger partial charge in [-0.25, -0.2) is 4.79 Å². The van der Waals surface area contributed by atoms with Gasteiger partial charge in [0.1, 0.15) is 5.60 Å². The lowest BCUT2D eigenvalue weighted by Gasteiger charge is -2.34. The molecule has 0 radical (unpaired) electrons. The molecule has 0 aromatic heterocycles. The SMILES string of the molecule is CC(C)(C)OC(=O)/C=C/C1CCOC(C)(C)C1. The summed E-state index contributed by atoms with van der Waals surface area (Å²) in [6.45, 7) is 10.5. The topological polar surface area (TPSA) is 35.5 Å². The monoisotopic (exact) mass is 240 g/mol. The van der Waals surface area contributed by atoms with Crippen LogP contribution in [-0.4, -0.2) is 23.8 Å². The van der Waals surface area contributed by atoms with Crippen LogP contribution >= 0.6 is 0 Å². The van der Waals surface area contributed by atoms with Gasteiger partial charge in [0.25, 0.3) is 0 Å². The molecule has 98 valence electrons. The second kappa shape index (κ2) is 5.21. The minimum absolute atomic E-state index is 0.0822. The van der Waals surface area contributed by atoms with Crippen molar-refractivity contribution in [2.24, 2.45) is 5.92 Å². The van der Waals surface area contributed by atoms with Crippen molar-refractivity contribution in [2.45, 2.75) is 58.7 Å². The Labute approximate surface area is 104 Å². The first-order valence-electron chi connectivity index (χ1n) is 6.23. The summed E-state index contributed by atoms with van der Waals surface area (Å²) in [6, 6.07) is 0. The first-order chi connectivity index (χ1) is 7.68. The third kappa shape index (κ3) is 5.87. The number of esters is 1. The van der Waals surface area contributed by atoms with Gasteiger partial charge in [0.05, 0.1) is 5.60 Å². The van der Waals surface area contributed by atoms with Crippen LogP contribution < -0.4 is 0 Å². The largest absolute Gasteiger partial charge is 0.457 e. The molecule has 17 heavy (non-hydrogen) atoms. The maximum absolute atomic E-state index is 11.5. The van der Waals surface area contributed by atoms with Crippen LogP contribution in [0.25, 0.3) is 0 Å². The normalized spacial score (nSPS) is 24.9. The second-order valence-electron chi connectivity index (χ2n) is 6.25. The molecule has 0 spiro atoms. The Kier molecular flexibility index (Phi) is 4.36. The summed E-state index contributed by atoms with van der Waals surface area (Å²) in [5, 5.41) is 0. The predicted octanol–water partition coefficient (Wildman–Crippen LogP) is 3.09. The van der Waals surface area contributed by atoms with Crippen molar-refractivity contribution in [1.82, 2.24) is 0 Å². The number of hydrogen-bond donors (Lipinski definition) is 0. The Morgan fingerprint density at radius 3 is 2.59 bits per heavy atom. The first kappa shape index (κ1) is 14.2. The maximum atomic E-state index is 11.5. The van der Waals surface area contributed by atoms with Gasteiger partial charge in [0.2, 0.25) is 0 Å². The molecule has 0 saturated carbocycles. The zero-order chi connectivity index (χ0) is 13.1. The number of allylic oxidation sites excluding steroid dienone is 1. The van der Waals surface area contributed by atoms with Gasteiger partial charge in [0.15, 0.2) is 0 Å². The number of carbonyl (C=O) groups excluding carboxylic acids is 1. The van der Waals surface area contributed by atoms with E-state index in [4.69, 9.17) is 9.47 Å². The van der Waals surface area contributed by atoms with Crippen LogP contribution in [0.1, 0.15) is 47.5 Å². The van der Waals surface area contributed by atoms with Gasteiger partial charge in [-0.1, -0.05) is 6.08 Å². The fourth-order valence-corrected chi connectivity index (χ4v) is 1.99. The fraction of sp³-hybridized carbons (Fsp3) is 0.786. The minimum Gasteiger partial charge on any atom is -0.457 e. The number of ether oxygens (including phenoxy) is 2. The average molecular weight is 240 g/mol. The molecule has 0 amide bonds. The Hall–Kier alpha value is -0.830. The van der Waals surface area contributed by atoms with Crippen LogP contribution in [0.15, 0.2) is 12.2 Å². The van der Waals surface area contributed by atoms with E-state index in [0.29, 0.717) is 5.92 Å². The zero-order valence-corrected chi connectivity index (χ0v) is 11.6. The lowest BCUT2D eigenvalue weighted by atomic mass is 9.88. The molecule has 1 heterocycles. The highest BCUT2D eigenvalue weighted by atomic mass is 16.6. The van der Waals surface area contributed by atoms with Crippen LogP contribution in [-0.2, 0) is 14.3 Å². The molecule has 3 nitrogen and oxygen atoms in total. The number of carbonyl (C=O) groups is 1. The Morgan fingerprint density at radius 2 is 2.06 bits per heavy atom. The van der Waals surface area contributed by atoms with Crippen LogP contribution in [0, 0.1) is 5.92 Å². The van der Waals surface area contributed by atoms with Crippen LogP contribution in [0.5, 0.6) is 0 Å². The smallest absolute Gasteiger partial charge is 0.330 e. The number of rotatable bonds is 2. The van der Waals surface area contributed by atoms with Crippen molar-refractivity contribution >= 4 is 5.97 Å². The highest BCUT2D eigenvalue weighted by molar-refractivity contribution is 5.82. The average Bonchev–Trinajstić information content (AvgIpc) is 2.10. The van der Waals surface area contributed by atoms with E-state index in [2.05, 4.69) is 13.8 Å². The Balaban J connectivity index is 2.45. The van der Waals surface area contributed by atoms with Gasteiger partial charge in [-0.2, -0.15) is 0 Å². The van der Waals surface area contributed by atoms with E-state index in [1.807, 2.05) is 26.8 Å². The van der Waals surface area contributed by atoms with Gasteiger partial charge in [0, 0.05) is 12.7 Å². The summed E-state index contributed by atoms with van der Waals surface area (Å²) in [5.41, 5.74) is -0.502. The molecule has 1 aliphatic heterocycles. The van der Waals surface area contributed by atoms with E-state index in [1.165, 1.54) is 0 Å². The third-order valence-corrected chi connectivity index (χ3v) is 2.65. The van der Waals surface area contributed by atoms with Crippen molar-refractivity contribution in [3.8, 4) is 0 Å². The van der Waals surface area contributed by atoms with Crippen LogP contribution in [0.4, 0.5) is 0 Å². The molecular formula is C14H24O3. The Bertz CT molecular complexity index is 297. The summed E-state index contributed by atoms with van der Waals surface area (Å²) in [4.78, 5) is 11.5. The van der Waals surface area contributed by atoms with E-state index in [9.17, 15) is 4.79 Å². The molecule has 1 aliphatic rings. The van der Waals surface area contributed by atoms with Crippen molar-refractivity contribution in [3.63, 3.8) is 0 Å². The fourth-order valence-electron chi connectivity index (χ4n) is 1.99. The first-order valence-corrected chi connectivity index (χ1v) is 6.23. The van der Waals surface area contributed by atoms with Gasteiger partial charge in [-0.15, -0.1) is 0 Å². The molecule has 1 unspecified atom stereocenters. The predicted molar refractivity (Wildman–Crippen MR) is 67.7 cm³/mol. The van der Waals surface area contributed by atoms with Gasteiger partial charge >= 0.3 is 5.97 Å². The molecule has 0 N–H and O–H groups in total. The highest BCUT2D eigenvalue weighted by Gasteiger charge is 2.27. The lowest BCUT2D eigenvalue weighted by molar-refractivity contribution is -0.148. The molecule has 0 aromatic rings. The molecule has 1 atom stereocenters. The molecule has 0 aromatic carbocycles. The molecule has 0 aliphatic carbocycles. The summed E-state index contributed by atoms with van der Waals surface area (Å²) in [6.07, 6.45) is 5.44. The van der Waals surface area contributed by atoms with Crippen molar-refractivity contribution in [3.05, 3.63) is 12.2 Å². The van der Waals surface area contributed by atoms with E-state index in [-0.39, 0.29) is 11.6 Å². The quantitative estimate of drug-likeness (QED) is 0.549. The summed E-state index contributed by atoms with van der Waals surface area (Å²) >= 11 is 0. The lowest BCUT2D eigenvalue weighted by Crippen LogP contribution is -2.33. The highest BCUT2D eigenvalue weighted by Crippen LogP contribution is 2.29. The van der Waals surface area contributed by atoms with E-state index in [0.717, 1.165) is 19.4 Å². The van der Waals surface area contributed by atoms with E-state index < -0.39 is 5.60 Å². The van der Waals surface area contributed by atoms with E-state index >= 15 is 0 Å². The zero-order valence-electron chi connectivity index (χ0n) is 11.6. The van der Waals surface area contributed by atoms with Crippen molar-refractivity contribution in [2.75, 3.05) is 6.61 Å². The molecular weight excluding hydrogens is 216 g/mol. The third-order valence-electron chi connectivity index (χ3n) is 2.65.